The van der Waals surface area contributed by atoms with E-state index in [9.17, 15) is 9.90 Å². The van der Waals surface area contributed by atoms with Crippen molar-refractivity contribution in [3.8, 4) is 0 Å². The fraction of sp³-hybridized carbons (Fsp3) is 0.143. The van der Waals surface area contributed by atoms with E-state index in [0.717, 1.165) is 5.56 Å². The van der Waals surface area contributed by atoms with Gasteiger partial charge in [-0.25, -0.2) is 15.0 Å². The number of carbonyl (C=O) groups is 1. The summed E-state index contributed by atoms with van der Waals surface area (Å²) in [6, 6.07) is 9.54. The van der Waals surface area contributed by atoms with Crippen LogP contribution in [0.2, 0.25) is 0 Å². The summed E-state index contributed by atoms with van der Waals surface area (Å²) in [6.45, 7) is 0. The Hall–Kier alpha value is -2.41. The van der Waals surface area contributed by atoms with E-state index >= 15 is 0 Å². The van der Waals surface area contributed by atoms with E-state index < -0.39 is 11.2 Å². The van der Waals surface area contributed by atoms with Crippen LogP contribution in [-0.4, -0.2) is 36.3 Å². The Morgan fingerprint density at radius 1 is 1.24 bits per heavy atom. The predicted molar refractivity (Wildman–Crippen MR) is 79.1 cm³/mol. The molecule has 1 aromatic carbocycles. The summed E-state index contributed by atoms with van der Waals surface area (Å²) in [5.74, 6) is -0.866. The van der Waals surface area contributed by atoms with Crippen molar-refractivity contribution in [2.45, 2.75) is 16.7 Å². The molecular weight excluding hydrogens is 288 g/mol. The number of fused-ring (bicyclic) bond motifs is 1. The highest BCUT2D eigenvalue weighted by Crippen LogP contribution is 2.28. The number of nitrogens with zero attached hydrogens (tertiary/aromatic N) is 3. The number of nitrogens with one attached hydrogen (secondary N) is 1. The van der Waals surface area contributed by atoms with Gasteiger partial charge in [0.1, 0.15) is 22.1 Å². The van der Waals surface area contributed by atoms with Crippen LogP contribution in [-0.2, 0) is 11.2 Å². The highest BCUT2D eigenvalue weighted by atomic mass is 32.2. The number of aromatic nitrogens is 4. The monoisotopic (exact) mass is 300 g/mol. The Balaban J connectivity index is 1.85. The van der Waals surface area contributed by atoms with Gasteiger partial charge in [0, 0.05) is 0 Å². The van der Waals surface area contributed by atoms with Crippen LogP contribution in [0.25, 0.3) is 11.2 Å². The number of H-pyrrole nitrogens is 1. The lowest BCUT2D eigenvalue weighted by Gasteiger charge is -2.11. The molecule has 0 amide bonds. The molecule has 0 saturated carbocycles. The fourth-order valence-corrected chi connectivity index (χ4v) is 3.00. The van der Waals surface area contributed by atoms with Crippen molar-refractivity contribution in [3.63, 3.8) is 0 Å². The summed E-state index contributed by atoms with van der Waals surface area (Å²) in [7, 11) is 0. The number of carboxylic acids is 1. The molecule has 7 heteroatoms. The zero-order valence-electron chi connectivity index (χ0n) is 10.9. The van der Waals surface area contributed by atoms with Crippen LogP contribution < -0.4 is 0 Å². The molecule has 106 valence electrons. The highest BCUT2D eigenvalue weighted by molar-refractivity contribution is 8.00. The van der Waals surface area contributed by atoms with Crippen LogP contribution in [0.15, 0.2) is 48.0 Å². The Bertz CT molecular complexity index is 760. The summed E-state index contributed by atoms with van der Waals surface area (Å²) in [5, 5.41) is 9.41. The summed E-state index contributed by atoms with van der Waals surface area (Å²) >= 11 is 1.20. The molecule has 21 heavy (non-hydrogen) atoms. The molecule has 0 aliphatic heterocycles. The molecule has 0 aliphatic carbocycles. The predicted octanol–water partition coefficient (Wildman–Crippen LogP) is 2.14. The van der Waals surface area contributed by atoms with E-state index in [2.05, 4.69) is 19.9 Å². The molecule has 2 N–H and O–H groups in total. The number of thioether (sulfide) groups is 1. The van der Waals surface area contributed by atoms with Crippen molar-refractivity contribution >= 4 is 28.9 Å². The minimum atomic E-state index is -0.866. The van der Waals surface area contributed by atoms with Gasteiger partial charge >= 0.3 is 5.97 Å². The van der Waals surface area contributed by atoms with Gasteiger partial charge in [0.2, 0.25) is 0 Å². The minimum absolute atomic E-state index is 0.431. The molecule has 2 heterocycles. The van der Waals surface area contributed by atoms with Crippen LogP contribution >= 0.6 is 11.8 Å². The smallest absolute Gasteiger partial charge is 0.317 e. The van der Waals surface area contributed by atoms with Crippen molar-refractivity contribution < 1.29 is 9.90 Å². The second kappa shape index (κ2) is 5.92. The number of aliphatic carboxylic acids is 1. The zero-order chi connectivity index (χ0) is 14.7. The maximum Gasteiger partial charge on any atom is 0.317 e. The molecule has 0 fully saturated rings. The van der Waals surface area contributed by atoms with Crippen LogP contribution in [0.1, 0.15) is 5.56 Å². The van der Waals surface area contributed by atoms with Crippen LogP contribution in [0.3, 0.4) is 0 Å². The van der Waals surface area contributed by atoms with E-state index in [0.29, 0.717) is 22.6 Å². The second-order valence-corrected chi connectivity index (χ2v) is 5.61. The van der Waals surface area contributed by atoms with Gasteiger partial charge in [0.15, 0.2) is 5.65 Å². The van der Waals surface area contributed by atoms with E-state index in [-0.39, 0.29) is 0 Å². The first-order valence-electron chi connectivity index (χ1n) is 6.31. The molecule has 3 rings (SSSR count). The molecule has 0 spiro atoms. The van der Waals surface area contributed by atoms with Gasteiger partial charge in [-0.15, -0.1) is 0 Å². The second-order valence-electron chi connectivity index (χ2n) is 4.41. The maximum absolute atomic E-state index is 11.5. The fourth-order valence-electron chi connectivity index (χ4n) is 1.97. The SMILES string of the molecule is O=C(O)C(Cc1ccccc1)Sc1ncnc2nc[nH]c12. The van der Waals surface area contributed by atoms with Crippen LogP contribution in [0.5, 0.6) is 0 Å². The number of hydrogen-bond donors (Lipinski definition) is 2. The topological polar surface area (TPSA) is 91.8 Å². The molecule has 0 aliphatic rings. The number of imidazole rings is 1. The third kappa shape index (κ3) is 3.03. The van der Waals surface area contributed by atoms with Crippen LogP contribution in [0, 0.1) is 0 Å². The lowest BCUT2D eigenvalue weighted by atomic mass is 10.1. The van der Waals surface area contributed by atoms with E-state index in [4.69, 9.17) is 0 Å². The molecule has 3 aromatic rings. The third-order valence-electron chi connectivity index (χ3n) is 2.98. The normalized spacial score (nSPS) is 12.4. The van der Waals surface area contributed by atoms with Crippen molar-refractivity contribution in [2.24, 2.45) is 0 Å². The molecule has 0 bridgehead atoms. The lowest BCUT2D eigenvalue weighted by molar-refractivity contribution is -0.136. The number of benzene rings is 1. The maximum atomic E-state index is 11.5. The summed E-state index contributed by atoms with van der Waals surface area (Å²) < 4.78 is 0. The highest BCUT2D eigenvalue weighted by Gasteiger charge is 2.22. The first kappa shape index (κ1) is 13.6. The quantitative estimate of drug-likeness (QED) is 0.554. The largest absolute Gasteiger partial charge is 0.480 e. The standard InChI is InChI=1S/C14H12N4O2S/c19-14(20)10(6-9-4-2-1-3-5-9)21-13-11-12(16-7-15-11)17-8-18-13/h1-5,7-8,10H,6H2,(H,19,20)(H,15,16,17,18). The molecule has 1 unspecified atom stereocenters. The Morgan fingerprint density at radius 3 is 2.81 bits per heavy atom. The number of hydrogen-bond acceptors (Lipinski definition) is 5. The molecule has 0 radical (unpaired) electrons. The van der Waals surface area contributed by atoms with Gasteiger partial charge in [0.05, 0.1) is 6.33 Å². The van der Waals surface area contributed by atoms with Crippen molar-refractivity contribution in [1.29, 1.82) is 0 Å². The van der Waals surface area contributed by atoms with Gasteiger partial charge < -0.3 is 10.1 Å². The third-order valence-corrected chi connectivity index (χ3v) is 4.17. The number of rotatable bonds is 5. The van der Waals surface area contributed by atoms with E-state index in [1.54, 1.807) is 0 Å². The summed E-state index contributed by atoms with van der Waals surface area (Å²) in [4.78, 5) is 26.7. The van der Waals surface area contributed by atoms with Crippen molar-refractivity contribution in [3.05, 3.63) is 48.5 Å². The van der Waals surface area contributed by atoms with Gasteiger partial charge in [-0.2, -0.15) is 0 Å². The van der Waals surface area contributed by atoms with Gasteiger partial charge in [0.25, 0.3) is 0 Å². The first-order chi connectivity index (χ1) is 10.2. The summed E-state index contributed by atoms with van der Waals surface area (Å²) in [5.41, 5.74) is 2.19. The lowest BCUT2D eigenvalue weighted by Crippen LogP contribution is -2.19. The minimum Gasteiger partial charge on any atom is -0.480 e. The van der Waals surface area contributed by atoms with Crippen molar-refractivity contribution in [1.82, 2.24) is 19.9 Å². The molecule has 1 atom stereocenters. The average Bonchev–Trinajstić information content (AvgIpc) is 2.97. The first-order valence-corrected chi connectivity index (χ1v) is 7.19. The summed E-state index contributed by atoms with van der Waals surface area (Å²) in [6.07, 6.45) is 3.35. The Morgan fingerprint density at radius 2 is 2.05 bits per heavy atom. The Labute approximate surface area is 124 Å². The van der Waals surface area contributed by atoms with Gasteiger partial charge in [-0.05, 0) is 12.0 Å². The van der Waals surface area contributed by atoms with E-state index in [1.165, 1.54) is 24.4 Å². The Kier molecular flexibility index (Phi) is 3.83. The molecule has 2 aromatic heterocycles. The molecular formula is C14H12N4O2S. The van der Waals surface area contributed by atoms with Gasteiger partial charge in [-0.3, -0.25) is 4.79 Å². The number of aromatic amines is 1. The zero-order valence-corrected chi connectivity index (χ0v) is 11.7. The average molecular weight is 300 g/mol. The molecule has 6 nitrogen and oxygen atoms in total. The van der Waals surface area contributed by atoms with Crippen molar-refractivity contribution in [2.75, 3.05) is 0 Å². The molecule has 0 saturated heterocycles. The van der Waals surface area contributed by atoms with Gasteiger partial charge in [-0.1, -0.05) is 42.1 Å². The number of carboxylic acid groups (broad SMARTS) is 1. The van der Waals surface area contributed by atoms with Crippen LogP contribution in [0.4, 0.5) is 0 Å². The van der Waals surface area contributed by atoms with E-state index in [1.807, 2.05) is 30.3 Å².